The number of aliphatic imine (C=N–C) groups is 1. The fourth-order valence-electron chi connectivity index (χ4n) is 4.06. The Morgan fingerprint density at radius 1 is 0.795 bits per heavy atom. The van der Waals surface area contributed by atoms with E-state index in [1.54, 1.807) is 7.11 Å². The molecule has 4 rings (SSSR count). The van der Waals surface area contributed by atoms with Crippen molar-refractivity contribution < 1.29 is 14.2 Å². The van der Waals surface area contributed by atoms with Gasteiger partial charge in [-0.1, -0.05) is 55.8 Å². The average Bonchev–Trinajstić information content (AvgIpc) is 2.96. The van der Waals surface area contributed by atoms with Crippen molar-refractivity contribution in [3.63, 3.8) is 0 Å². The molecule has 0 spiro atoms. The molecule has 0 aliphatic carbocycles. The van der Waals surface area contributed by atoms with Crippen LogP contribution in [0.1, 0.15) is 43.4 Å². The Labute approximate surface area is 237 Å². The molecular formula is C34H36ClNO3. The van der Waals surface area contributed by atoms with Gasteiger partial charge in [0.05, 0.1) is 19.4 Å². The van der Waals surface area contributed by atoms with Crippen LogP contribution < -0.4 is 14.2 Å². The highest BCUT2D eigenvalue weighted by Crippen LogP contribution is 2.26. The van der Waals surface area contributed by atoms with Gasteiger partial charge in [-0.3, -0.25) is 4.99 Å². The van der Waals surface area contributed by atoms with Gasteiger partial charge in [0, 0.05) is 10.7 Å². The van der Waals surface area contributed by atoms with Gasteiger partial charge in [0.25, 0.3) is 0 Å². The lowest BCUT2D eigenvalue weighted by atomic mass is 10.0. The lowest BCUT2D eigenvalue weighted by Gasteiger charge is -2.12. The average molecular weight is 542 g/mol. The fraction of sp³-hybridized carbons (Fsp3) is 0.265. The van der Waals surface area contributed by atoms with Crippen LogP contribution in [0.2, 0.25) is 5.02 Å². The van der Waals surface area contributed by atoms with Gasteiger partial charge < -0.3 is 14.2 Å². The molecule has 39 heavy (non-hydrogen) atoms. The third-order valence-electron chi connectivity index (χ3n) is 6.38. The van der Waals surface area contributed by atoms with Crippen molar-refractivity contribution in [2.75, 3.05) is 13.7 Å². The van der Waals surface area contributed by atoms with Crippen LogP contribution >= 0.6 is 11.6 Å². The highest BCUT2D eigenvalue weighted by Gasteiger charge is 2.10. The maximum atomic E-state index is 6.50. The van der Waals surface area contributed by atoms with Crippen LogP contribution in [0.25, 0.3) is 0 Å². The monoisotopic (exact) mass is 541 g/mol. The van der Waals surface area contributed by atoms with Crippen molar-refractivity contribution in [1.29, 1.82) is 0 Å². The summed E-state index contributed by atoms with van der Waals surface area (Å²) in [6.45, 7) is 5.64. The Hall–Kier alpha value is -3.76. The van der Waals surface area contributed by atoms with E-state index in [4.69, 9.17) is 30.8 Å². The predicted molar refractivity (Wildman–Crippen MR) is 161 cm³/mol. The molecule has 0 saturated heterocycles. The molecule has 0 saturated carbocycles. The number of aryl methyl sites for hydroxylation is 1. The molecule has 0 aromatic heterocycles. The molecule has 0 atom stereocenters. The second kappa shape index (κ2) is 14.4. The molecule has 0 heterocycles. The molecule has 0 bridgehead atoms. The molecule has 0 aliphatic heterocycles. The molecule has 4 nitrogen and oxygen atoms in total. The van der Waals surface area contributed by atoms with E-state index in [-0.39, 0.29) is 0 Å². The van der Waals surface area contributed by atoms with Gasteiger partial charge in [-0.05, 0) is 109 Å². The first-order valence-electron chi connectivity index (χ1n) is 13.4. The van der Waals surface area contributed by atoms with Crippen LogP contribution in [0.4, 0.5) is 5.69 Å². The number of ether oxygens (including phenoxy) is 3. The number of methoxy groups -OCH3 is 1. The van der Waals surface area contributed by atoms with E-state index in [9.17, 15) is 0 Å². The molecular weight excluding hydrogens is 506 g/mol. The smallest absolute Gasteiger partial charge is 0.119 e. The summed E-state index contributed by atoms with van der Waals surface area (Å²) in [4.78, 5) is 5.04. The molecule has 0 radical (unpaired) electrons. The number of benzene rings is 4. The normalized spacial score (nSPS) is 11.5. The van der Waals surface area contributed by atoms with Crippen LogP contribution in [0, 0.1) is 5.92 Å². The van der Waals surface area contributed by atoms with Crippen molar-refractivity contribution in [2.24, 2.45) is 10.9 Å². The molecule has 0 amide bonds. The fourth-order valence-corrected chi connectivity index (χ4v) is 4.27. The van der Waals surface area contributed by atoms with Crippen molar-refractivity contribution in [3.8, 4) is 17.2 Å². The van der Waals surface area contributed by atoms with Gasteiger partial charge >= 0.3 is 0 Å². The molecule has 0 N–H and O–H groups in total. The topological polar surface area (TPSA) is 40.0 Å². The Kier molecular flexibility index (Phi) is 10.4. The van der Waals surface area contributed by atoms with Gasteiger partial charge in [-0.2, -0.15) is 0 Å². The van der Waals surface area contributed by atoms with Gasteiger partial charge in [-0.15, -0.1) is 0 Å². The second-order valence-corrected chi connectivity index (χ2v) is 10.2. The maximum Gasteiger partial charge on any atom is 0.119 e. The van der Waals surface area contributed by atoms with Gasteiger partial charge in [-0.25, -0.2) is 0 Å². The highest BCUT2D eigenvalue weighted by atomic mass is 35.5. The quantitative estimate of drug-likeness (QED) is 0.158. The number of halogens is 1. The van der Waals surface area contributed by atoms with Crippen LogP contribution in [0.5, 0.6) is 17.2 Å². The second-order valence-electron chi connectivity index (χ2n) is 9.84. The minimum atomic E-state index is 0.529. The van der Waals surface area contributed by atoms with Crippen molar-refractivity contribution >= 4 is 23.0 Å². The summed E-state index contributed by atoms with van der Waals surface area (Å²) in [6, 6.07) is 32.0. The number of hydrogen-bond acceptors (Lipinski definition) is 4. The molecule has 0 fully saturated rings. The first-order chi connectivity index (χ1) is 19.0. The van der Waals surface area contributed by atoms with Crippen LogP contribution in [-0.2, 0) is 13.0 Å². The number of rotatable bonds is 13. The standard InChI is InChI=1S/C34H36ClNO3/c1-25(2)21-22-38-30-14-9-27(10-15-30)34(20-11-28-23-32(37-3)18-19-33(28)35)36-29-12-16-31(17-13-29)39-24-26-7-5-4-6-8-26/h4-10,12-19,23,25H,11,20-22,24H2,1-3H3. The van der Waals surface area contributed by atoms with E-state index >= 15 is 0 Å². The van der Waals surface area contributed by atoms with E-state index in [0.29, 0.717) is 25.6 Å². The Morgan fingerprint density at radius 2 is 1.46 bits per heavy atom. The van der Waals surface area contributed by atoms with E-state index in [1.807, 2.05) is 72.8 Å². The van der Waals surface area contributed by atoms with Gasteiger partial charge in [0.2, 0.25) is 0 Å². The van der Waals surface area contributed by atoms with E-state index in [1.165, 1.54) is 0 Å². The summed E-state index contributed by atoms with van der Waals surface area (Å²) >= 11 is 6.50. The third kappa shape index (κ3) is 8.90. The zero-order valence-corrected chi connectivity index (χ0v) is 23.7. The molecule has 0 unspecified atom stereocenters. The van der Waals surface area contributed by atoms with Gasteiger partial charge in [0.1, 0.15) is 23.9 Å². The lowest BCUT2D eigenvalue weighted by molar-refractivity contribution is 0.289. The van der Waals surface area contributed by atoms with Crippen LogP contribution in [-0.4, -0.2) is 19.4 Å². The maximum absolute atomic E-state index is 6.50. The number of nitrogens with zero attached hydrogens (tertiary/aromatic N) is 1. The molecule has 4 aromatic rings. The molecule has 202 valence electrons. The van der Waals surface area contributed by atoms with Crippen LogP contribution in [0.3, 0.4) is 0 Å². The number of hydrogen-bond donors (Lipinski definition) is 0. The zero-order chi connectivity index (χ0) is 27.5. The van der Waals surface area contributed by atoms with E-state index < -0.39 is 0 Å². The van der Waals surface area contributed by atoms with Gasteiger partial charge in [0.15, 0.2) is 0 Å². The van der Waals surface area contributed by atoms with Crippen LogP contribution in [0.15, 0.2) is 102 Å². The highest BCUT2D eigenvalue weighted by molar-refractivity contribution is 6.31. The largest absolute Gasteiger partial charge is 0.497 e. The van der Waals surface area contributed by atoms with Crippen molar-refractivity contribution in [3.05, 3.63) is 119 Å². The van der Waals surface area contributed by atoms with Crippen molar-refractivity contribution in [2.45, 2.75) is 39.7 Å². The summed E-state index contributed by atoms with van der Waals surface area (Å²) in [5.41, 5.74) is 5.05. The predicted octanol–water partition coefficient (Wildman–Crippen LogP) is 9.11. The first-order valence-corrected chi connectivity index (χ1v) is 13.8. The van der Waals surface area contributed by atoms with E-state index in [2.05, 4.69) is 38.1 Å². The summed E-state index contributed by atoms with van der Waals surface area (Å²) < 4.78 is 17.3. The van der Waals surface area contributed by atoms with E-state index in [0.717, 1.165) is 63.2 Å². The molecule has 4 aromatic carbocycles. The first kappa shape index (κ1) is 28.3. The summed E-state index contributed by atoms with van der Waals surface area (Å²) in [6.07, 6.45) is 2.48. The van der Waals surface area contributed by atoms with Crippen molar-refractivity contribution in [1.82, 2.24) is 0 Å². The third-order valence-corrected chi connectivity index (χ3v) is 6.75. The minimum Gasteiger partial charge on any atom is -0.497 e. The molecule has 0 aliphatic rings. The summed E-state index contributed by atoms with van der Waals surface area (Å²) in [7, 11) is 1.66. The summed E-state index contributed by atoms with van der Waals surface area (Å²) in [5.74, 6) is 3.09. The Balaban J connectivity index is 1.51. The zero-order valence-electron chi connectivity index (χ0n) is 22.9. The molecule has 5 heteroatoms. The summed E-state index contributed by atoms with van der Waals surface area (Å²) in [5, 5.41) is 0.726. The lowest BCUT2D eigenvalue weighted by Crippen LogP contribution is -2.05. The minimum absolute atomic E-state index is 0.529. The Morgan fingerprint density at radius 3 is 2.15 bits per heavy atom. The Bertz CT molecular complexity index is 1330. The SMILES string of the molecule is COc1ccc(Cl)c(CCC(=Nc2ccc(OCc3ccccc3)cc2)c2ccc(OCCC(C)C)cc2)c1.